The topological polar surface area (TPSA) is 51.1 Å². The largest absolute Gasteiger partial charge is 0.322 e. The minimum Gasteiger partial charge on any atom is -0.322 e. The van der Waals surface area contributed by atoms with Gasteiger partial charge >= 0.3 is 0 Å². The lowest BCUT2D eigenvalue weighted by Crippen LogP contribution is -2.24. The van der Waals surface area contributed by atoms with Crippen LogP contribution in [0.5, 0.6) is 0 Å². The van der Waals surface area contributed by atoms with Gasteiger partial charge in [0, 0.05) is 32.5 Å². The number of benzene rings is 2. The molecule has 27 heavy (non-hydrogen) atoms. The quantitative estimate of drug-likeness (QED) is 0.559. The summed E-state index contributed by atoms with van der Waals surface area (Å²) in [6.07, 6.45) is 1.42. The minimum absolute atomic E-state index is 0.0815. The monoisotopic (exact) mass is 440 g/mol. The van der Waals surface area contributed by atoms with Crippen LogP contribution in [0.2, 0.25) is 20.1 Å². The highest BCUT2D eigenvalue weighted by Gasteiger charge is 2.14. The van der Waals surface area contributed by atoms with Crippen LogP contribution in [0, 0.1) is 0 Å². The van der Waals surface area contributed by atoms with E-state index in [2.05, 4.69) is 5.32 Å². The van der Waals surface area contributed by atoms with Crippen LogP contribution >= 0.6 is 46.4 Å². The zero-order chi connectivity index (χ0) is 19.6. The maximum Gasteiger partial charge on any atom is 0.269 e. The van der Waals surface area contributed by atoms with Crippen molar-refractivity contribution in [2.45, 2.75) is 6.54 Å². The molecule has 2 aromatic carbocycles. The second kappa shape index (κ2) is 8.36. The van der Waals surface area contributed by atoms with Crippen molar-refractivity contribution in [3.8, 4) is 0 Å². The summed E-state index contributed by atoms with van der Waals surface area (Å²) in [6, 6.07) is 13.0. The molecule has 0 unspecified atom stereocenters. The van der Waals surface area contributed by atoms with Gasteiger partial charge in [0.1, 0.15) is 5.02 Å². The highest BCUT2D eigenvalue weighted by atomic mass is 35.5. The van der Waals surface area contributed by atoms with Crippen molar-refractivity contribution in [3.63, 3.8) is 0 Å². The van der Waals surface area contributed by atoms with Crippen LogP contribution in [0.25, 0.3) is 0 Å². The Balaban J connectivity index is 1.93. The van der Waals surface area contributed by atoms with Gasteiger partial charge in [-0.05, 0) is 42.5 Å². The molecule has 0 saturated heterocycles. The summed E-state index contributed by atoms with van der Waals surface area (Å²) in [6.45, 7) is 0.0825. The Labute approximate surface area is 175 Å². The van der Waals surface area contributed by atoms with E-state index in [0.717, 1.165) is 0 Å². The molecule has 0 aliphatic heterocycles. The molecule has 0 aliphatic rings. The van der Waals surface area contributed by atoms with Crippen molar-refractivity contribution in [2.24, 2.45) is 0 Å². The molecule has 1 heterocycles. The molecule has 0 saturated carbocycles. The first-order valence-electron chi connectivity index (χ1n) is 7.75. The van der Waals surface area contributed by atoms with E-state index in [1.165, 1.54) is 16.8 Å². The second-order valence-electron chi connectivity index (χ2n) is 5.67. The molecule has 0 aliphatic carbocycles. The van der Waals surface area contributed by atoms with Crippen molar-refractivity contribution in [3.05, 3.63) is 96.3 Å². The van der Waals surface area contributed by atoms with E-state index in [0.29, 0.717) is 26.3 Å². The lowest BCUT2D eigenvalue weighted by atomic mass is 10.2. The number of anilines is 1. The van der Waals surface area contributed by atoms with Gasteiger partial charge in [0.25, 0.3) is 11.5 Å². The predicted octanol–water partition coefficient (Wildman–Crippen LogP) is 5.76. The SMILES string of the molecule is O=C(Nc1ccc(Cl)cc1)c1cc(Cl)c(=O)n(Cc2c(Cl)cccc2Cl)c1. The smallest absolute Gasteiger partial charge is 0.269 e. The van der Waals surface area contributed by atoms with Crippen molar-refractivity contribution in [2.75, 3.05) is 5.32 Å². The van der Waals surface area contributed by atoms with Crippen molar-refractivity contribution >= 4 is 58.0 Å². The molecule has 8 heteroatoms. The number of halogens is 4. The third-order valence-electron chi connectivity index (χ3n) is 3.80. The molecule has 0 spiro atoms. The number of pyridine rings is 1. The summed E-state index contributed by atoms with van der Waals surface area (Å²) in [7, 11) is 0. The van der Waals surface area contributed by atoms with Crippen LogP contribution in [-0.4, -0.2) is 10.5 Å². The van der Waals surface area contributed by atoms with Crippen LogP contribution in [-0.2, 0) is 6.54 Å². The van der Waals surface area contributed by atoms with Crippen LogP contribution in [0.4, 0.5) is 5.69 Å². The summed E-state index contributed by atoms with van der Waals surface area (Å²) in [5, 5.41) is 4.03. The van der Waals surface area contributed by atoms with E-state index in [4.69, 9.17) is 46.4 Å². The van der Waals surface area contributed by atoms with Crippen LogP contribution < -0.4 is 10.9 Å². The lowest BCUT2D eigenvalue weighted by Gasteiger charge is -2.12. The zero-order valence-corrected chi connectivity index (χ0v) is 16.7. The van der Waals surface area contributed by atoms with Gasteiger partial charge in [0.15, 0.2) is 0 Å². The van der Waals surface area contributed by atoms with Gasteiger partial charge in [-0.1, -0.05) is 52.5 Å². The second-order valence-corrected chi connectivity index (χ2v) is 7.33. The predicted molar refractivity (Wildman–Crippen MR) is 111 cm³/mol. The maximum atomic E-state index is 12.5. The summed E-state index contributed by atoms with van der Waals surface area (Å²) < 4.78 is 1.30. The van der Waals surface area contributed by atoms with E-state index < -0.39 is 11.5 Å². The number of hydrogen-bond donors (Lipinski definition) is 1. The van der Waals surface area contributed by atoms with Gasteiger partial charge in [-0.3, -0.25) is 9.59 Å². The molecule has 4 nitrogen and oxygen atoms in total. The van der Waals surface area contributed by atoms with Gasteiger partial charge in [0.05, 0.1) is 12.1 Å². The molecule has 0 fully saturated rings. The Bertz CT molecular complexity index is 1040. The van der Waals surface area contributed by atoms with E-state index in [-0.39, 0.29) is 17.1 Å². The van der Waals surface area contributed by atoms with Crippen molar-refractivity contribution in [1.82, 2.24) is 4.57 Å². The number of aromatic nitrogens is 1. The molecule has 3 rings (SSSR count). The number of carbonyl (C=O) groups excluding carboxylic acids is 1. The Morgan fingerprint density at radius 1 is 0.926 bits per heavy atom. The Morgan fingerprint density at radius 3 is 2.19 bits per heavy atom. The third-order valence-corrected chi connectivity index (χ3v) is 5.03. The number of rotatable bonds is 4. The molecule has 0 atom stereocenters. The minimum atomic E-state index is -0.448. The first-order chi connectivity index (χ1) is 12.8. The van der Waals surface area contributed by atoms with Gasteiger partial charge < -0.3 is 9.88 Å². The Hall–Kier alpha value is -1.98. The Kier molecular flexibility index (Phi) is 6.12. The zero-order valence-electron chi connectivity index (χ0n) is 13.7. The summed E-state index contributed by atoms with van der Waals surface area (Å²) >= 11 is 24.2. The fourth-order valence-electron chi connectivity index (χ4n) is 2.43. The van der Waals surface area contributed by atoms with Gasteiger partial charge in [-0.15, -0.1) is 0 Å². The summed E-state index contributed by atoms with van der Waals surface area (Å²) in [4.78, 5) is 24.9. The van der Waals surface area contributed by atoms with Crippen LogP contribution in [0.3, 0.4) is 0 Å². The number of nitrogens with one attached hydrogen (secondary N) is 1. The highest BCUT2D eigenvalue weighted by molar-refractivity contribution is 6.36. The van der Waals surface area contributed by atoms with Crippen molar-refractivity contribution < 1.29 is 4.79 Å². The van der Waals surface area contributed by atoms with E-state index in [1.807, 2.05) is 0 Å². The average Bonchev–Trinajstić information content (AvgIpc) is 2.63. The van der Waals surface area contributed by atoms with Crippen molar-refractivity contribution in [1.29, 1.82) is 0 Å². The van der Waals surface area contributed by atoms with Gasteiger partial charge in [0.2, 0.25) is 0 Å². The fraction of sp³-hybridized carbons (Fsp3) is 0.0526. The third kappa shape index (κ3) is 4.66. The maximum absolute atomic E-state index is 12.5. The normalized spacial score (nSPS) is 10.7. The molecule has 3 aromatic rings. The van der Waals surface area contributed by atoms with Gasteiger partial charge in [-0.25, -0.2) is 0 Å². The van der Waals surface area contributed by atoms with Crippen LogP contribution in [0.15, 0.2) is 59.5 Å². The number of carbonyl (C=O) groups is 1. The number of hydrogen-bond acceptors (Lipinski definition) is 2. The highest BCUT2D eigenvalue weighted by Crippen LogP contribution is 2.25. The van der Waals surface area contributed by atoms with E-state index in [1.54, 1.807) is 42.5 Å². The van der Waals surface area contributed by atoms with E-state index in [9.17, 15) is 9.59 Å². The van der Waals surface area contributed by atoms with Gasteiger partial charge in [-0.2, -0.15) is 0 Å². The molecule has 1 aromatic heterocycles. The molecule has 1 N–H and O–H groups in total. The summed E-state index contributed by atoms with van der Waals surface area (Å²) in [5.74, 6) is -0.418. The summed E-state index contributed by atoms with van der Waals surface area (Å²) in [5.41, 5.74) is 0.898. The lowest BCUT2D eigenvalue weighted by molar-refractivity contribution is 0.102. The standard InChI is InChI=1S/C19H12Cl4N2O2/c20-12-4-6-13(7-5-12)24-18(26)11-8-17(23)19(27)25(9-11)10-14-15(21)2-1-3-16(14)22/h1-9H,10H2,(H,24,26). The molecular weight excluding hydrogens is 430 g/mol. The molecule has 0 bridgehead atoms. The van der Waals surface area contributed by atoms with Crippen LogP contribution in [0.1, 0.15) is 15.9 Å². The first kappa shape index (κ1) is 19.8. The number of nitrogens with zero attached hydrogens (tertiary/aromatic N) is 1. The fourth-order valence-corrected chi connectivity index (χ4v) is 3.30. The molecule has 1 amide bonds. The average molecular weight is 442 g/mol. The molecular formula is C19H12Cl4N2O2. The molecule has 0 radical (unpaired) electrons. The molecule has 138 valence electrons. The Morgan fingerprint density at radius 2 is 1.56 bits per heavy atom. The van der Waals surface area contributed by atoms with E-state index >= 15 is 0 Å². The number of amides is 1. The first-order valence-corrected chi connectivity index (χ1v) is 9.26.